The van der Waals surface area contributed by atoms with Crippen molar-refractivity contribution in [2.75, 3.05) is 6.61 Å². The molecule has 0 spiro atoms. The molecule has 0 radical (unpaired) electrons. The standard InChI is InChI=1S/C31H31FN6O3/c1-3-4-15-40-30(39)27-12-11-26-29(36-27)38(2)28(35-26)17-20-5-8-22(9-6-20)25-13-14-34-31(37-25)41-19-23-10-7-21(18-33)16-24(23)32/h7-8,10-14,16,20H,3-6,9,15,17,19H2,1-2H3. The van der Waals surface area contributed by atoms with Crippen LogP contribution in [0.3, 0.4) is 0 Å². The first kappa shape index (κ1) is 27.9. The minimum absolute atomic E-state index is 0.0312. The Morgan fingerprint density at radius 1 is 1.20 bits per heavy atom. The number of nitrogens with zero attached hydrogens (tertiary/aromatic N) is 6. The van der Waals surface area contributed by atoms with E-state index < -0.39 is 11.8 Å². The molecule has 1 aromatic carbocycles. The van der Waals surface area contributed by atoms with Gasteiger partial charge in [0.05, 0.1) is 23.9 Å². The number of fused-ring (bicyclic) bond motifs is 1. The average Bonchev–Trinajstić information content (AvgIpc) is 3.31. The van der Waals surface area contributed by atoms with Gasteiger partial charge in [0, 0.05) is 25.2 Å². The summed E-state index contributed by atoms with van der Waals surface area (Å²) < 4.78 is 27.1. The van der Waals surface area contributed by atoms with Gasteiger partial charge in [0.1, 0.15) is 23.8 Å². The van der Waals surface area contributed by atoms with Crippen LogP contribution < -0.4 is 4.74 Å². The SMILES string of the molecule is CCCCOC(=O)c1ccc2nc(CC3CC=C(c4ccnc(OCc5ccc(C#N)cc5F)n4)CC3)n(C)c2n1. The Hall–Kier alpha value is -4.65. The lowest BCUT2D eigenvalue weighted by Crippen LogP contribution is -2.12. The zero-order valence-corrected chi connectivity index (χ0v) is 23.1. The number of ether oxygens (including phenoxy) is 2. The van der Waals surface area contributed by atoms with Crippen molar-refractivity contribution >= 4 is 22.7 Å². The Bertz CT molecular complexity index is 1640. The van der Waals surface area contributed by atoms with Gasteiger partial charge in [0.2, 0.25) is 0 Å². The number of imidazole rings is 1. The van der Waals surface area contributed by atoms with Crippen molar-refractivity contribution < 1.29 is 18.7 Å². The molecule has 5 rings (SSSR count). The number of esters is 1. The van der Waals surface area contributed by atoms with Crippen LogP contribution >= 0.6 is 0 Å². The molecule has 3 heterocycles. The Morgan fingerprint density at radius 2 is 2.07 bits per heavy atom. The van der Waals surface area contributed by atoms with Crippen molar-refractivity contribution in [1.82, 2.24) is 24.5 Å². The van der Waals surface area contributed by atoms with E-state index in [-0.39, 0.29) is 18.2 Å². The third-order valence-corrected chi connectivity index (χ3v) is 7.24. The van der Waals surface area contributed by atoms with Crippen molar-refractivity contribution in [1.29, 1.82) is 5.26 Å². The van der Waals surface area contributed by atoms with Gasteiger partial charge in [-0.25, -0.2) is 24.1 Å². The lowest BCUT2D eigenvalue weighted by Gasteiger charge is -2.21. The van der Waals surface area contributed by atoms with Gasteiger partial charge >= 0.3 is 12.0 Å². The Morgan fingerprint density at radius 3 is 2.83 bits per heavy atom. The van der Waals surface area contributed by atoms with Gasteiger partial charge in [0.15, 0.2) is 11.3 Å². The van der Waals surface area contributed by atoms with Crippen LogP contribution in [-0.4, -0.2) is 37.1 Å². The van der Waals surface area contributed by atoms with Gasteiger partial charge in [-0.2, -0.15) is 10.2 Å². The first-order chi connectivity index (χ1) is 19.9. The number of aryl methyl sites for hydroxylation is 1. The normalized spacial score (nSPS) is 14.9. The summed E-state index contributed by atoms with van der Waals surface area (Å²) >= 11 is 0. The lowest BCUT2D eigenvalue weighted by atomic mass is 9.86. The van der Waals surface area contributed by atoms with E-state index in [1.165, 1.54) is 12.1 Å². The number of carbonyl (C=O) groups excluding carboxylic acids is 1. The summed E-state index contributed by atoms with van der Waals surface area (Å²) in [6, 6.07) is 11.7. The highest BCUT2D eigenvalue weighted by Crippen LogP contribution is 2.32. The summed E-state index contributed by atoms with van der Waals surface area (Å²) in [5.41, 5.74) is 4.23. The van der Waals surface area contributed by atoms with Gasteiger partial charge in [0.25, 0.3) is 0 Å². The van der Waals surface area contributed by atoms with E-state index in [1.807, 2.05) is 36.7 Å². The van der Waals surface area contributed by atoms with E-state index in [2.05, 4.69) is 21.0 Å². The van der Waals surface area contributed by atoms with E-state index in [0.717, 1.165) is 61.1 Å². The highest BCUT2D eigenvalue weighted by atomic mass is 19.1. The highest BCUT2D eigenvalue weighted by molar-refractivity contribution is 5.89. The van der Waals surface area contributed by atoms with Crippen LogP contribution in [0.25, 0.3) is 16.7 Å². The van der Waals surface area contributed by atoms with Gasteiger partial charge in [-0.15, -0.1) is 0 Å². The number of hydrogen-bond acceptors (Lipinski definition) is 8. The predicted octanol–water partition coefficient (Wildman–Crippen LogP) is 5.73. The molecule has 4 aromatic rings. The number of aromatic nitrogens is 5. The molecule has 0 aliphatic heterocycles. The summed E-state index contributed by atoms with van der Waals surface area (Å²) in [5.74, 6) is 0.430. The maximum atomic E-state index is 14.2. The number of allylic oxidation sites excluding steroid dienone is 2. The lowest BCUT2D eigenvalue weighted by molar-refractivity contribution is 0.0493. The van der Waals surface area contributed by atoms with Crippen LogP contribution in [-0.2, 0) is 24.8 Å². The molecule has 9 nitrogen and oxygen atoms in total. The van der Waals surface area contributed by atoms with Gasteiger partial charge < -0.3 is 14.0 Å². The molecule has 1 aliphatic rings. The zero-order valence-electron chi connectivity index (χ0n) is 23.1. The van der Waals surface area contributed by atoms with Crippen LogP contribution in [0.4, 0.5) is 4.39 Å². The van der Waals surface area contributed by atoms with Crippen LogP contribution in [0, 0.1) is 23.1 Å². The summed E-state index contributed by atoms with van der Waals surface area (Å²) in [4.78, 5) is 30.4. The molecule has 0 amide bonds. The molecular weight excluding hydrogens is 523 g/mol. The van der Waals surface area contributed by atoms with Crippen LogP contribution in [0.15, 0.2) is 48.7 Å². The maximum Gasteiger partial charge on any atom is 0.357 e. The molecule has 3 aromatic heterocycles. The number of pyridine rings is 1. The highest BCUT2D eigenvalue weighted by Gasteiger charge is 2.21. The second-order valence-electron chi connectivity index (χ2n) is 10.1. The van der Waals surface area contributed by atoms with Gasteiger partial charge in [-0.05, 0) is 67.5 Å². The van der Waals surface area contributed by atoms with Crippen LogP contribution in [0.1, 0.15) is 72.2 Å². The molecule has 0 saturated carbocycles. The van der Waals surface area contributed by atoms with E-state index in [4.69, 9.17) is 19.7 Å². The molecule has 210 valence electrons. The number of rotatable bonds is 10. The minimum atomic E-state index is -0.497. The minimum Gasteiger partial charge on any atom is -0.461 e. The third-order valence-electron chi connectivity index (χ3n) is 7.24. The summed E-state index contributed by atoms with van der Waals surface area (Å²) in [5, 5.41) is 8.91. The zero-order chi connectivity index (χ0) is 28.8. The van der Waals surface area contributed by atoms with Crippen molar-refractivity contribution in [3.8, 4) is 12.1 Å². The number of carbonyl (C=O) groups is 1. The fraction of sp³-hybridized carbons (Fsp3) is 0.355. The Kier molecular flexibility index (Phi) is 8.63. The summed E-state index contributed by atoms with van der Waals surface area (Å²) in [6.45, 7) is 2.41. The molecule has 0 bridgehead atoms. The number of unbranched alkanes of at least 4 members (excludes halogenated alkanes) is 1. The van der Waals surface area contributed by atoms with Crippen molar-refractivity contribution in [2.24, 2.45) is 13.0 Å². The molecule has 0 saturated heterocycles. The van der Waals surface area contributed by atoms with Gasteiger partial charge in [-0.3, -0.25) is 0 Å². The largest absolute Gasteiger partial charge is 0.461 e. The molecule has 41 heavy (non-hydrogen) atoms. The third kappa shape index (κ3) is 6.57. The molecule has 1 atom stereocenters. The smallest absolute Gasteiger partial charge is 0.357 e. The van der Waals surface area contributed by atoms with Crippen LogP contribution in [0.2, 0.25) is 0 Å². The van der Waals surface area contributed by atoms with E-state index in [1.54, 1.807) is 18.3 Å². The van der Waals surface area contributed by atoms with Crippen LogP contribution in [0.5, 0.6) is 6.01 Å². The number of halogens is 1. The first-order valence-electron chi connectivity index (χ1n) is 13.8. The van der Waals surface area contributed by atoms with E-state index in [9.17, 15) is 9.18 Å². The average molecular weight is 555 g/mol. The second kappa shape index (κ2) is 12.7. The molecule has 0 N–H and O–H groups in total. The first-order valence-corrected chi connectivity index (χ1v) is 13.8. The fourth-order valence-electron chi connectivity index (χ4n) is 4.82. The second-order valence-corrected chi connectivity index (χ2v) is 10.1. The predicted molar refractivity (Wildman–Crippen MR) is 150 cm³/mol. The molecule has 1 unspecified atom stereocenters. The van der Waals surface area contributed by atoms with E-state index >= 15 is 0 Å². The van der Waals surface area contributed by atoms with Crippen molar-refractivity contribution in [2.45, 2.75) is 52.1 Å². The van der Waals surface area contributed by atoms with E-state index in [0.29, 0.717) is 29.4 Å². The summed E-state index contributed by atoms with van der Waals surface area (Å²) in [6.07, 6.45) is 9.11. The quantitative estimate of drug-likeness (QED) is 0.180. The maximum absolute atomic E-state index is 14.2. The number of benzene rings is 1. The molecule has 10 heteroatoms. The number of nitriles is 1. The molecule has 0 fully saturated rings. The molecular formula is C31H31FN6O3. The monoisotopic (exact) mass is 554 g/mol. The topological polar surface area (TPSA) is 116 Å². The molecule has 1 aliphatic carbocycles. The fourth-order valence-corrected chi connectivity index (χ4v) is 4.82. The Labute approximate surface area is 237 Å². The Balaban J connectivity index is 1.21. The summed E-state index contributed by atoms with van der Waals surface area (Å²) in [7, 11) is 1.93. The van der Waals surface area contributed by atoms with Crippen molar-refractivity contribution in [3.05, 3.63) is 82.8 Å². The van der Waals surface area contributed by atoms with Crippen molar-refractivity contribution in [3.63, 3.8) is 0 Å². The van der Waals surface area contributed by atoms with Gasteiger partial charge in [-0.1, -0.05) is 25.5 Å². The number of hydrogen-bond donors (Lipinski definition) is 0.